The van der Waals surface area contributed by atoms with E-state index in [9.17, 15) is 13.0 Å². The standard InChI is InChI=1S/C11H15F2NOS/c12-9-4-5-11(10(13)8-9)16(15)7-3-1-2-6-14/h4-5,8H,1-3,6-7,14H2. The average Bonchev–Trinajstić information content (AvgIpc) is 2.24. The zero-order valence-corrected chi connectivity index (χ0v) is 9.73. The molecule has 0 aliphatic rings. The van der Waals surface area contributed by atoms with Crippen molar-refractivity contribution in [2.24, 2.45) is 5.73 Å². The zero-order chi connectivity index (χ0) is 12.0. The molecular weight excluding hydrogens is 232 g/mol. The van der Waals surface area contributed by atoms with Crippen LogP contribution in [-0.2, 0) is 10.8 Å². The summed E-state index contributed by atoms with van der Waals surface area (Å²) >= 11 is 0. The van der Waals surface area contributed by atoms with Crippen molar-refractivity contribution in [1.29, 1.82) is 0 Å². The Hall–Kier alpha value is -0.810. The summed E-state index contributed by atoms with van der Waals surface area (Å²) in [7, 11) is -1.39. The van der Waals surface area contributed by atoms with E-state index < -0.39 is 22.4 Å². The maximum absolute atomic E-state index is 13.2. The van der Waals surface area contributed by atoms with Gasteiger partial charge in [-0.05, 0) is 31.5 Å². The Labute approximate surface area is 96.3 Å². The summed E-state index contributed by atoms with van der Waals surface area (Å²) in [5.41, 5.74) is 5.32. The molecule has 0 amide bonds. The molecule has 0 saturated heterocycles. The number of hydrogen-bond donors (Lipinski definition) is 1. The number of nitrogens with two attached hydrogens (primary N) is 1. The highest BCUT2D eigenvalue weighted by Crippen LogP contribution is 2.15. The van der Waals surface area contributed by atoms with Crippen molar-refractivity contribution in [3.05, 3.63) is 29.8 Å². The zero-order valence-electron chi connectivity index (χ0n) is 8.92. The number of rotatable bonds is 6. The highest BCUT2D eigenvalue weighted by Gasteiger charge is 2.10. The fourth-order valence-corrected chi connectivity index (χ4v) is 2.51. The van der Waals surface area contributed by atoms with Gasteiger partial charge in [-0.25, -0.2) is 8.78 Å². The first-order valence-electron chi connectivity index (χ1n) is 5.18. The van der Waals surface area contributed by atoms with Crippen molar-refractivity contribution in [3.8, 4) is 0 Å². The molecule has 1 atom stereocenters. The molecule has 16 heavy (non-hydrogen) atoms. The highest BCUT2D eigenvalue weighted by atomic mass is 32.2. The third-order valence-electron chi connectivity index (χ3n) is 2.17. The lowest BCUT2D eigenvalue weighted by molar-refractivity contribution is 0.562. The van der Waals surface area contributed by atoms with E-state index in [4.69, 9.17) is 5.73 Å². The molecule has 2 nitrogen and oxygen atoms in total. The summed E-state index contributed by atoms with van der Waals surface area (Å²) in [5, 5.41) is 0. The van der Waals surface area contributed by atoms with E-state index in [-0.39, 0.29) is 4.90 Å². The molecule has 90 valence electrons. The molecule has 0 heterocycles. The third-order valence-corrected chi connectivity index (χ3v) is 3.65. The van der Waals surface area contributed by atoms with E-state index in [1.165, 1.54) is 6.07 Å². The summed E-state index contributed by atoms with van der Waals surface area (Å²) in [6.45, 7) is 0.609. The molecule has 1 aromatic carbocycles. The van der Waals surface area contributed by atoms with Gasteiger partial charge in [0.15, 0.2) is 0 Å². The van der Waals surface area contributed by atoms with E-state index in [0.717, 1.165) is 31.4 Å². The van der Waals surface area contributed by atoms with Crippen molar-refractivity contribution in [3.63, 3.8) is 0 Å². The van der Waals surface area contributed by atoms with Gasteiger partial charge in [0.25, 0.3) is 0 Å². The highest BCUT2D eigenvalue weighted by molar-refractivity contribution is 7.85. The minimum atomic E-state index is -1.39. The van der Waals surface area contributed by atoms with Crippen LogP contribution in [0.2, 0.25) is 0 Å². The third kappa shape index (κ3) is 3.98. The van der Waals surface area contributed by atoms with Crippen molar-refractivity contribution in [2.45, 2.75) is 24.2 Å². The fourth-order valence-electron chi connectivity index (χ4n) is 1.32. The first-order chi connectivity index (χ1) is 7.65. The Kier molecular flexibility index (Phi) is 5.55. The van der Waals surface area contributed by atoms with Gasteiger partial charge >= 0.3 is 0 Å². The summed E-state index contributed by atoms with van der Waals surface area (Å²) in [4.78, 5) is 0.0779. The molecule has 0 radical (unpaired) electrons. The Bertz CT molecular complexity index is 371. The molecule has 1 unspecified atom stereocenters. The fraction of sp³-hybridized carbons (Fsp3) is 0.455. The van der Waals surface area contributed by atoms with Gasteiger partial charge in [-0.15, -0.1) is 0 Å². The number of benzene rings is 1. The van der Waals surface area contributed by atoms with Crippen LogP contribution < -0.4 is 5.73 Å². The van der Waals surface area contributed by atoms with Crippen molar-refractivity contribution in [1.82, 2.24) is 0 Å². The Balaban J connectivity index is 2.53. The van der Waals surface area contributed by atoms with Crippen LogP contribution in [0, 0.1) is 11.6 Å². The number of hydrogen-bond acceptors (Lipinski definition) is 2. The Morgan fingerprint density at radius 1 is 1.19 bits per heavy atom. The molecule has 0 aliphatic heterocycles. The molecule has 0 fully saturated rings. The number of halogens is 2. The van der Waals surface area contributed by atoms with Crippen LogP contribution in [0.15, 0.2) is 23.1 Å². The predicted octanol–water partition coefficient (Wildman–Crippen LogP) is 2.20. The molecule has 1 aromatic rings. The SMILES string of the molecule is NCCCCCS(=O)c1ccc(F)cc1F. The molecule has 0 saturated carbocycles. The van der Waals surface area contributed by atoms with Crippen LogP contribution in [0.5, 0.6) is 0 Å². The lowest BCUT2D eigenvalue weighted by atomic mass is 10.2. The summed E-state index contributed by atoms with van der Waals surface area (Å²) in [5.74, 6) is -0.999. The Morgan fingerprint density at radius 3 is 2.56 bits per heavy atom. The normalized spacial score (nSPS) is 12.7. The van der Waals surface area contributed by atoms with Gasteiger partial charge in [0.05, 0.1) is 15.7 Å². The van der Waals surface area contributed by atoms with Gasteiger partial charge in [-0.1, -0.05) is 6.42 Å². The predicted molar refractivity (Wildman–Crippen MR) is 60.5 cm³/mol. The summed E-state index contributed by atoms with van der Waals surface area (Å²) in [6.07, 6.45) is 2.49. The first kappa shape index (κ1) is 13.3. The summed E-state index contributed by atoms with van der Waals surface area (Å²) < 4.78 is 37.5. The van der Waals surface area contributed by atoms with Crippen molar-refractivity contribution >= 4 is 10.8 Å². The van der Waals surface area contributed by atoms with Crippen LogP contribution in [0.1, 0.15) is 19.3 Å². The maximum Gasteiger partial charge on any atom is 0.142 e. The number of unbranched alkanes of at least 4 members (excludes halogenated alkanes) is 2. The van der Waals surface area contributed by atoms with E-state index in [1.807, 2.05) is 0 Å². The first-order valence-corrected chi connectivity index (χ1v) is 6.50. The minimum Gasteiger partial charge on any atom is -0.330 e. The van der Waals surface area contributed by atoms with Crippen molar-refractivity contribution < 1.29 is 13.0 Å². The second-order valence-corrected chi connectivity index (χ2v) is 5.01. The van der Waals surface area contributed by atoms with Gasteiger partial charge < -0.3 is 5.73 Å². The molecule has 1 rings (SSSR count). The van der Waals surface area contributed by atoms with E-state index in [0.29, 0.717) is 12.3 Å². The van der Waals surface area contributed by atoms with Gasteiger partial charge in [-0.3, -0.25) is 4.21 Å². The second kappa shape index (κ2) is 6.70. The molecule has 0 aliphatic carbocycles. The van der Waals surface area contributed by atoms with Crippen LogP contribution in [0.3, 0.4) is 0 Å². The summed E-state index contributed by atoms with van der Waals surface area (Å²) in [6, 6.07) is 3.12. The van der Waals surface area contributed by atoms with E-state index in [1.54, 1.807) is 0 Å². The molecule has 0 bridgehead atoms. The minimum absolute atomic E-state index is 0.0779. The second-order valence-electron chi connectivity index (χ2n) is 3.47. The quantitative estimate of drug-likeness (QED) is 0.783. The smallest absolute Gasteiger partial charge is 0.142 e. The molecular formula is C11H15F2NOS. The van der Waals surface area contributed by atoms with Crippen LogP contribution in [0.25, 0.3) is 0 Å². The van der Waals surface area contributed by atoms with Crippen LogP contribution in [0.4, 0.5) is 8.78 Å². The van der Waals surface area contributed by atoms with Gasteiger partial charge in [-0.2, -0.15) is 0 Å². The van der Waals surface area contributed by atoms with Gasteiger partial charge in [0.2, 0.25) is 0 Å². The lowest BCUT2D eigenvalue weighted by Crippen LogP contribution is -2.03. The lowest BCUT2D eigenvalue weighted by Gasteiger charge is -2.03. The van der Waals surface area contributed by atoms with Gasteiger partial charge in [0, 0.05) is 11.8 Å². The molecule has 0 aromatic heterocycles. The van der Waals surface area contributed by atoms with E-state index in [2.05, 4.69) is 0 Å². The Morgan fingerprint density at radius 2 is 1.94 bits per heavy atom. The molecule has 5 heteroatoms. The van der Waals surface area contributed by atoms with Crippen LogP contribution in [-0.4, -0.2) is 16.5 Å². The topological polar surface area (TPSA) is 43.1 Å². The van der Waals surface area contributed by atoms with Crippen molar-refractivity contribution in [2.75, 3.05) is 12.3 Å². The average molecular weight is 247 g/mol. The van der Waals surface area contributed by atoms with Gasteiger partial charge in [0.1, 0.15) is 11.6 Å². The van der Waals surface area contributed by atoms with Crippen LogP contribution >= 0.6 is 0 Å². The largest absolute Gasteiger partial charge is 0.330 e. The molecule has 2 N–H and O–H groups in total. The van der Waals surface area contributed by atoms with E-state index >= 15 is 0 Å². The maximum atomic E-state index is 13.2. The molecule has 0 spiro atoms. The monoisotopic (exact) mass is 247 g/mol.